The van der Waals surface area contributed by atoms with Crippen LogP contribution in [0.25, 0.3) is 256 Å². The second-order valence-electron chi connectivity index (χ2n) is 34.1. The van der Waals surface area contributed by atoms with Crippen LogP contribution >= 0.6 is 0 Å². The third-order valence-corrected chi connectivity index (χ3v) is 27.1. The van der Waals surface area contributed by atoms with E-state index in [1.54, 1.807) is 0 Å². The molecule has 0 saturated heterocycles. The fraction of sp³-hybridized carbons (Fsp3) is 0. The minimum absolute atomic E-state index is 0.577. The van der Waals surface area contributed by atoms with E-state index < -0.39 is 0 Å². The second kappa shape index (κ2) is 29.9. The molecule has 0 unspecified atom stereocenters. The molecule has 8 aromatic heterocycles. The number of fused-ring (bicyclic) bond motifs is 6. The molecule has 3 aliphatic rings. The zero-order valence-electron chi connectivity index (χ0n) is 71.4. The molecule has 0 saturated carbocycles. The van der Waals surface area contributed by atoms with E-state index in [0.29, 0.717) is 17.6 Å². The molecule has 8 heterocycles. The average Bonchev–Trinajstić information content (AvgIpc) is 1.53. The molecule has 26 aromatic rings. The Hall–Kier alpha value is -17.9. The quantitative estimate of drug-likeness (QED) is 0.129. The smallest absolute Gasteiger partial charge is 0.238 e. The molecule has 0 fully saturated rings. The Morgan fingerprint density at radius 3 is 0.682 bits per heavy atom. The lowest BCUT2D eigenvalue weighted by atomic mass is 9.95. The van der Waals surface area contributed by atoms with Gasteiger partial charge >= 0.3 is 0 Å². The molecule has 10 nitrogen and oxygen atoms in total. The summed E-state index contributed by atoms with van der Waals surface area (Å²) >= 11 is 0. The standard InChI is InChI=1S/C47H29N5.C38H24N2.C37H23N3/c1-5-16-30(17-6-1)44-43-36-26-15-28-38-42(36)40-34(24-13-27-37(40)51(38)33-22-11-4-12-23-33)35-25-14-29-39(41(35)43)52(44)47-49-45(31-18-7-2-8-19-31)48-46(50-47)32-20-9-3-10-21-32;1-4-13-25(14-5-1)38-37-30-21-12-23-32-36(30)34-28(19-10-22-31(34)39(32)26-15-6-2-7-16-26)29-20-11-24-33(35(29)37)40(38)27-17-8-3-9-18-27;1-3-12-24(13-4-1)37-36-28-18-11-20-30-35(28)33-26(16-9-19-29(33)39(30)25-14-5-2-6-15-25)27-17-10-21-31(34(27)36)40(37)32-22-7-8-23-38-32/h1-29H;1-24H;1-23H. The Morgan fingerprint density at radius 1 is 0.152 bits per heavy atom. The summed E-state index contributed by atoms with van der Waals surface area (Å²) < 4.78 is 14.3. The SMILES string of the molecule is c1ccc(-c2c3c4c(cccc4n2-c2ccccc2)-c2cccc4c2c2c-3cccc2n4-c2ccccc2)cc1.c1ccc(-c2c3c4c(cccc4n2-c2ccccn2)-c2cccc4c2c2c-3cccc2n4-c2ccccc2)cc1.c1ccc(-c2nc(-c3ccccc3)nc(-n3c(-c4ccccc4)c4c5c(cccc53)-c3cccc5c3c3c-4cccc3n5-c3ccccc3)n2)cc1. The van der Waals surface area contributed by atoms with Crippen LogP contribution in [0.5, 0.6) is 0 Å². The van der Waals surface area contributed by atoms with Gasteiger partial charge in [0.05, 0.1) is 66.7 Å². The van der Waals surface area contributed by atoms with E-state index in [1.807, 2.05) is 48.7 Å². The van der Waals surface area contributed by atoms with Gasteiger partial charge in [-0.1, -0.05) is 340 Å². The first-order chi connectivity index (χ1) is 65.6. The van der Waals surface area contributed by atoms with Crippen LogP contribution < -0.4 is 0 Å². The Kier molecular flexibility index (Phi) is 16.9. The topological polar surface area (TPSA) is 81.1 Å². The summed E-state index contributed by atoms with van der Waals surface area (Å²) in [4.78, 5) is 20.4. The third kappa shape index (κ3) is 11.2. The maximum absolute atomic E-state index is 5.27. The van der Waals surface area contributed by atoms with Gasteiger partial charge in [0, 0.05) is 105 Å². The first kappa shape index (κ1) is 74.4. The third-order valence-electron chi connectivity index (χ3n) is 27.1. The van der Waals surface area contributed by atoms with Gasteiger partial charge in [0.2, 0.25) is 5.95 Å². The summed E-state index contributed by atoms with van der Waals surface area (Å²) in [6.07, 6.45) is 1.88. The minimum atomic E-state index is 0.577. The maximum atomic E-state index is 5.27. The highest BCUT2D eigenvalue weighted by atomic mass is 15.2. The summed E-state index contributed by atoms with van der Waals surface area (Å²) in [5.74, 6) is 2.75. The molecule has 3 aliphatic carbocycles. The van der Waals surface area contributed by atoms with Crippen molar-refractivity contribution >= 4 is 98.1 Å². The molecule has 0 amide bonds. The van der Waals surface area contributed by atoms with Gasteiger partial charge in [0.15, 0.2) is 11.6 Å². The molecule has 0 radical (unpaired) electrons. The number of aromatic nitrogens is 10. The van der Waals surface area contributed by atoms with Crippen LogP contribution in [0.1, 0.15) is 0 Å². The van der Waals surface area contributed by atoms with Gasteiger partial charge in [-0.25, -0.2) is 9.97 Å². The first-order valence-corrected chi connectivity index (χ1v) is 45.0. The average molecular weight is 1680 g/mol. The molecular formula is C122H76N10. The van der Waals surface area contributed by atoms with Crippen molar-refractivity contribution in [3.05, 3.63) is 461 Å². The lowest BCUT2D eigenvalue weighted by Gasteiger charge is -2.14. The van der Waals surface area contributed by atoms with E-state index in [0.717, 1.165) is 39.4 Å². The number of benzene rings is 18. The lowest BCUT2D eigenvalue weighted by Crippen LogP contribution is -2.08. The van der Waals surface area contributed by atoms with E-state index in [-0.39, 0.29) is 0 Å². The zero-order chi connectivity index (χ0) is 86.6. The summed E-state index contributed by atoms with van der Waals surface area (Å²) in [6.45, 7) is 0. The Labute approximate surface area is 759 Å². The van der Waals surface area contributed by atoms with Crippen molar-refractivity contribution in [3.63, 3.8) is 0 Å². The molecule has 0 spiro atoms. The van der Waals surface area contributed by atoms with Crippen molar-refractivity contribution in [2.75, 3.05) is 0 Å². The number of pyridine rings is 1. The summed E-state index contributed by atoms with van der Waals surface area (Å²) in [7, 11) is 0. The Morgan fingerprint density at radius 2 is 0.379 bits per heavy atom. The van der Waals surface area contributed by atoms with Crippen molar-refractivity contribution in [2.45, 2.75) is 0 Å². The molecular weight excluding hydrogens is 1610 g/mol. The highest BCUT2D eigenvalue weighted by molar-refractivity contribution is 6.33. The molecule has 132 heavy (non-hydrogen) atoms. The van der Waals surface area contributed by atoms with Crippen LogP contribution in [0.3, 0.4) is 0 Å². The summed E-state index contributed by atoms with van der Waals surface area (Å²) in [5.41, 5.74) is 39.2. The van der Waals surface area contributed by atoms with E-state index in [1.165, 1.54) is 199 Å². The maximum Gasteiger partial charge on any atom is 0.238 e. The monoisotopic (exact) mass is 1680 g/mol. The molecule has 29 rings (SSSR count). The molecule has 0 N–H and O–H groups in total. The molecule has 0 bridgehead atoms. The Bertz CT molecular complexity index is 8750. The predicted octanol–water partition coefficient (Wildman–Crippen LogP) is 31.0. The normalized spacial score (nSPS) is 11.9. The van der Waals surface area contributed by atoms with Gasteiger partial charge < -0.3 is 18.3 Å². The molecule has 10 heteroatoms. The van der Waals surface area contributed by atoms with Crippen molar-refractivity contribution in [3.8, 4) is 158 Å². The molecule has 18 aromatic carbocycles. The van der Waals surface area contributed by atoms with Crippen LogP contribution in [0, 0.1) is 0 Å². The van der Waals surface area contributed by atoms with E-state index in [4.69, 9.17) is 19.9 Å². The van der Waals surface area contributed by atoms with Crippen molar-refractivity contribution in [1.82, 2.24) is 47.3 Å². The van der Waals surface area contributed by atoms with Crippen molar-refractivity contribution in [1.29, 1.82) is 0 Å². The van der Waals surface area contributed by atoms with E-state index in [2.05, 4.69) is 440 Å². The Balaban J connectivity index is 0.000000103. The summed E-state index contributed by atoms with van der Waals surface area (Å²) in [5, 5.41) is 11.5. The van der Waals surface area contributed by atoms with Crippen molar-refractivity contribution < 1.29 is 0 Å². The van der Waals surface area contributed by atoms with E-state index >= 15 is 0 Å². The van der Waals surface area contributed by atoms with Crippen LogP contribution in [0.15, 0.2) is 461 Å². The number of nitrogens with zero attached hydrogens (tertiary/aromatic N) is 10. The lowest BCUT2D eigenvalue weighted by molar-refractivity contribution is 0.938. The minimum Gasteiger partial charge on any atom is -0.309 e. The number of hydrogen-bond donors (Lipinski definition) is 0. The number of hydrogen-bond acceptors (Lipinski definition) is 4. The molecule has 0 aliphatic heterocycles. The van der Waals surface area contributed by atoms with Crippen LogP contribution in [-0.4, -0.2) is 47.3 Å². The zero-order valence-corrected chi connectivity index (χ0v) is 71.4. The van der Waals surface area contributed by atoms with Gasteiger partial charge in [-0.3, -0.25) is 9.13 Å². The highest BCUT2D eigenvalue weighted by Gasteiger charge is 2.36. The van der Waals surface area contributed by atoms with Crippen molar-refractivity contribution in [2.24, 2.45) is 0 Å². The number of rotatable bonds is 11. The molecule has 0 atom stereocenters. The van der Waals surface area contributed by atoms with Gasteiger partial charge in [-0.2, -0.15) is 9.97 Å². The second-order valence-corrected chi connectivity index (χ2v) is 34.1. The van der Waals surface area contributed by atoms with Crippen LogP contribution in [-0.2, 0) is 0 Å². The first-order valence-electron chi connectivity index (χ1n) is 45.0. The van der Waals surface area contributed by atoms with Gasteiger partial charge in [0.25, 0.3) is 0 Å². The fourth-order valence-corrected chi connectivity index (χ4v) is 22.0. The summed E-state index contributed by atoms with van der Waals surface area (Å²) in [6, 6.07) is 163. The number of para-hydroxylation sites is 4. The van der Waals surface area contributed by atoms with Gasteiger partial charge in [-0.15, -0.1) is 0 Å². The highest BCUT2D eigenvalue weighted by Crippen LogP contribution is 2.59. The fourth-order valence-electron chi connectivity index (χ4n) is 22.0. The van der Waals surface area contributed by atoms with Crippen LogP contribution in [0.2, 0.25) is 0 Å². The van der Waals surface area contributed by atoms with Gasteiger partial charge in [-0.05, 0) is 182 Å². The van der Waals surface area contributed by atoms with Gasteiger partial charge in [0.1, 0.15) is 5.82 Å². The van der Waals surface area contributed by atoms with Crippen LogP contribution in [0.4, 0.5) is 0 Å². The van der Waals surface area contributed by atoms with E-state index in [9.17, 15) is 0 Å². The molecule has 614 valence electrons. The largest absolute Gasteiger partial charge is 0.309 e. The predicted molar refractivity (Wildman–Crippen MR) is 544 cm³/mol.